The van der Waals surface area contributed by atoms with E-state index in [4.69, 9.17) is 4.74 Å². The minimum Gasteiger partial charge on any atom is -0.504 e. The van der Waals surface area contributed by atoms with Gasteiger partial charge in [0.2, 0.25) is 5.78 Å². The zero-order chi connectivity index (χ0) is 22.9. The van der Waals surface area contributed by atoms with Gasteiger partial charge in [0.1, 0.15) is 0 Å². The summed E-state index contributed by atoms with van der Waals surface area (Å²) in [5.41, 5.74) is 1.08. The predicted octanol–water partition coefficient (Wildman–Crippen LogP) is 3.00. The fraction of sp³-hybridized carbons (Fsp3) is 0.409. The van der Waals surface area contributed by atoms with E-state index in [-0.39, 0.29) is 17.1 Å². The predicted molar refractivity (Wildman–Crippen MR) is 118 cm³/mol. The summed E-state index contributed by atoms with van der Waals surface area (Å²) in [7, 11) is 5.31. The number of aromatic nitrogens is 1. The lowest BCUT2D eigenvalue weighted by molar-refractivity contribution is -0.129. The Morgan fingerprint density at radius 2 is 2.00 bits per heavy atom. The van der Waals surface area contributed by atoms with Crippen molar-refractivity contribution in [2.75, 3.05) is 34.3 Å². The maximum Gasteiger partial charge on any atom is 0.290 e. The molecule has 166 valence electrons. The van der Waals surface area contributed by atoms with Crippen molar-refractivity contribution >= 4 is 23.0 Å². The summed E-state index contributed by atoms with van der Waals surface area (Å²) in [6, 6.07) is 3.91. The first kappa shape index (κ1) is 22.8. The van der Waals surface area contributed by atoms with E-state index >= 15 is 0 Å². The number of hydrogen-bond acceptors (Lipinski definition) is 8. The maximum absolute atomic E-state index is 13.4. The molecule has 0 aliphatic carbocycles. The zero-order valence-corrected chi connectivity index (χ0v) is 19.1. The summed E-state index contributed by atoms with van der Waals surface area (Å²) in [4.78, 5) is 34.6. The van der Waals surface area contributed by atoms with Crippen molar-refractivity contribution in [2.45, 2.75) is 26.3 Å². The van der Waals surface area contributed by atoms with E-state index in [0.717, 1.165) is 11.6 Å². The van der Waals surface area contributed by atoms with Gasteiger partial charge in [-0.25, -0.2) is 4.98 Å². The van der Waals surface area contributed by atoms with Crippen LogP contribution in [-0.2, 0) is 4.79 Å². The van der Waals surface area contributed by atoms with Gasteiger partial charge in [-0.2, -0.15) is 0 Å². The minimum absolute atomic E-state index is 0.00571. The molecule has 1 atom stereocenters. The molecule has 2 heterocycles. The number of aryl methyl sites for hydroxylation is 2. The highest BCUT2D eigenvalue weighted by molar-refractivity contribution is 7.14. The fourth-order valence-electron chi connectivity index (χ4n) is 3.76. The number of rotatable bonds is 8. The molecular formula is C22H27N3O5S. The average Bonchev–Trinajstić information content (AvgIpc) is 3.17. The number of hydrogen-bond donors (Lipinski definition) is 2. The Hall–Kier alpha value is -2.91. The van der Waals surface area contributed by atoms with Gasteiger partial charge in [0.15, 0.2) is 17.3 Å². The number of phenols is 1. The van der Waals surface area contributed by atoms with Crippen LogP contribution in [0.4, 0.5) is 0 Å². The molecule has 9 heteroatoms. The Bertz CT molecular complexity index is 1040. The van der Waals surface area contributed by atoms with Gasteiger partial charge in [-0.05, 0) is 58.6 Å². The minimum atomic E-state index is -0.819. The lowest BCUT2D eigenvalue weighted by Crippen LogP contribution is -2.33. The summed E-state index contributed by atoms with van der Waals surface area (Å²) in [5.74, 6) is -1.41. The molecule has 0 radical (unpaired) electrons. The molecule has 0 spiro atoms. The Balaban J connectivity index is 2.07. The number of nitrogens with zero attached hydrogens (tertiary/aromatic N) is 3. The van der Waals surface area contributed by atoms with Crippen LogP contribution in [0, 0.1) is 13.8 Å². The first-order valence-corrected chi connectivity index (χ1v) is 10.7. The summed E-state index contributed by atoms with van der Waals surface area (Å²) in [5, 5.41) is 21.8. The molecule has 0 fully saturated rings. The Labute approximate surface area is 185 Å². The number of Topliss-reactive ketones (excluding diaryl/α,β-unsaturated/α-hetero) is 1. The van der Waals surface area contributed by atoms with Crippen molar-refractivity contribution in [3.05, 3.63) is 50.7 Å². The van der Waals surface area contributed by atoms with Crippen molar-refractivity contribution in [2.24, 2.45) is 0 Å². The number of benzene rings is 1. The largest absolute Gasteiger partial charge is 0.504 e. The number of carbonyl (C=O) groups is 2. The molecular weight excluding hydrogens is 418 g/mol. The average molecular weight is 446 g/mol. The molecule has 1 aliphatic rings. The molecule has 1 aliphatic heterocycles. The van der Waals surface area contributed by atoms with E-state index in [9.17, 15) is 19.8 Å². The lowest BCUT2D eigenvalue weighted by Gasteiger charge is -2.27. The number of ketones is 1. The van der Waals surface area contributed by atoms with Gasteiger partial charge in [-0.1, -0.05) is 6.07 Å². The van der Waals surface area contributed by atoms with Gasteiger partial charge in [-0.3, -0.25) is 9.59 Å². The Morgan fingerprint density at radius 1 is 1.29 bits per heavy atom. The van der Waals surface area contributed by atoms with Crippen LogP contribution in [0.2, 0.25) is 0 Å². The zero-order valence-electron chi connectivity index (χ0n) is 18.3. The van der Waals surface area contributed by atoms with E-state index in [1.54, 1.807) is 26.0 Å². The van der Waals surface area contributed by atoms with Gasteiger partial charge in [0.05, 0.1) is 34.3 Å². The van der Waals surface area contributed by atoms with Gasteiger partial charge in [0, 0.05) is 6.54 Å². The second-order valence-corrected chi connectivity index (χ2v) is 8.93. The van der Waals surface area contributed by atoms with Gasteiger partial charge < -0.3 is 24.7 Å². The molecule has 2 N–H and O–H groups in total. The summed E-state index contributed by atoms with van der Waals surface area (Å²) in [6.07, 6.45) is 0.658. The Kier molecular flexibility index (Phi) is 6.66. The van der Waals surface area contributed by atoms with Crippen molar-refractivity contribution in [3.63, 3.8) is 0 Å². The number of aliphatic hydroxyl groups excluding tert-OH is 1. The van der Waals surface area contributed by atoms with Crippen LogP contribution in [0.15, 0.2) is 29.5 Å². The van der Waals surface area contributed by atoms with Crippen LogP contribution in [0.25, 0.3) is 0 Å². The quantitative estimate of drug-likeness (QED) is 0.602. The number of amides is 1. The second-order valence-electron chi connectivity index (χ2n) is 7.73. The van der Waals surface area contributed by atoms with Crippen molar-refractivity contribution in [3.8, 4) is 11.5 Å². The third-order valence-corrected chi connectivity index (χ3v) is 6.25. The van der Waals surface area contributed by atoms with Crippen molar-refractivity contribution in [1.82, 2.24) is 14.8 Å². The molecule has 1 amide bonds. The summed E-state index contributed by atoms with van der Waals surface area (Å²) in [6.45, 7) is 4.61. The monoisotopic (exact) mass is 445 g/mol. The lowest BCUT2D eigenvalue weighted by atomic mass is 9.94. The molecule has 31 heavy (non-hydrogen) atoms. The molecule has 1 aromatic carbocycles. The molecule has 8 nitrogen and oxygen atoms in total. The number of ether oxygens (including phenoxy) is 1. The number of methoxy groups -OCH3 is 1. The van der Waals surface area contributed by atoms with Crippen LogP contribution < -0.4 is 4.74 Å². The van der Waals surface area contributed by atoms with Crippen molar-refractivity contribution < 1.29 is 24.5 Å². The SMILES string of the molecule is COc1ccc(C2C(C(=O)c3sc(C)nc3C)=C(O)C(=O)N2CCCN(C)C)cc1O. The van der Waals surface area contributed by atoms with Crippen molar-refractivity contribution in [1.29, 1.82) is 0 Å². The third-order valence-electron chi connectivity index (χ3n) is 5.18. The molecule has 1 aromatic heterocycles. The summed E-state index contributed by atoms with van der Waals surface area (Å²) >= 11 is 1.23. The first-order chi connectivity index (χ1) is 14.6. The maximum atomic E-state index is 13.4. The molecule has 1 unspecified atom stereocenters. The highest BCUT2D eigenvalue weighted by Gasteiger charge is 2.44. The smallest absolute Gasteiger partial charge is 0.290 e. The molecule has 0 bridgehead atoms. The fourth-order valence-corrected chi connectivity index (χ4v) is 4.64. The standard InChI is InChI=1S/C22H27N3O5S/c1-12-21(31-13(2)23-12)19(27)17-18(14-7-8-16(30-5)15(26)11-14)25(22(29)20(17)28)10-6-9-24(3)4/h7-8,11,18,26,28H,6,9-10H2,1-5H3. The number of thiazole rings is 1. The van der Waals surface area contributed by atoms with Crippen LogP contribution >= 0.6 is 11.3 Å². The van der Waals surface area contributed by atoms with Crippen LogP contribution in [0.3, 0.4) is 0 Å². The molecule has 0 saturated carbocycles. The van der Waals surface area contributed by atoms with Gasteiger partial charge in [-0.15, -0.1) is 11.3 Å². The Morgan fingerprint density at radius 3 is 2.55 bits per heavy atom. The topological polar surface area (TPSA) is 103 Å². The molecule has 0 saturated heterocycles. The van der Waals surface area contributed by atoms with Gasteiger partial charge in [0.25, 0.3) is 5.91 Å². The number of phenolic OH excluding ortho intramolecular Hbond substituents is 1. The van der Waals surface area contributed by atoms with E-state index in [0.29, 0.717) is 29.1 Å². The highest BCUT2D eigenvalue weighted by Crippen LogP contribution is 2.42. The third kappa shape index (κ3) is 4.42. The van der Waals surface area contributed by atoms with E-state index in [2.05, 4.69) is 4.98 Å². The van der Waals surface area contributed by atoms with Gasteiger partial charge >= 0.3 is 0 Å². The molecule has 3 rings (SSSR count). The number of aliphatic hydroxyl groups is 1. The first-order valence-electron chi connectivity index (χ1n) is 9.90. The number of aromatic hydroxyl groups is 1. The van der Waals surface area contributed by atoms with E-state index in [1.165, 1.54) is 29.4 Å². The molecule has 2 aromatic rings. The summed E-state index contributed by atoms with van der Waals surface area (Å²) < 4.78 is 5.11. The van der Waals surface area contributed by atoms with Crippen LogP contribution in [-0.4, -0.2) is 71.0 Å². The number of carbonyl (C=O) groups excluding carboxylic acids is 2. The van der Waals surface area contributed by atoms with Crippen LogP contribution in [0.1, 0.15) is 38.4 Å². The highest BCUT2D eigenvalue weighted by atomic mass is 32.1. The van der Waals surface area contributed by atoms with E-state index in [1.807, 2.05) is 19.0 Å². The normalized spacial score (nSPS) is 16.5. The van der Waals surface area contributed by atoms with E-state index < -0.39 is 23.5 Å². The second kappa shape index (κ2) is 9.07. The van der Waals surface area contributed by atoms with Crippen LogP contribution in [0.5, 0.6) is 11.5 Å².